The lowest BCUT2D eigenvalue weighted by molar-refractivity contribution is -0.0510. The second kappa shape index (κ2) is 7.89. The molecule has 0 radical (unpaired) electrons. The summed E-state index contributed by atoms with van der Waals surface area (Å²) in [7, 11) is -5.84. The van der Waals surface area contributed by atoms with Gasteiger partial charge in [0.15, 0.2) is 0 Å². The zero-order chi connectivity index (χ0) is 12.5. The van der Waals surface area contributed by atoms with Crippen LogP contribution in [0.15, 0.2) is 0 Å². The van der Waals surface area contributed by atoms with Crippen LogP contribution >= 0.6 is 0 Å². The van der Waals surface area contributed by atoms with Gasteiger partial charge in [-0.3, -0.25) is 4.55 Å². The summed E-state index contributed by atoms with van der Waals surface area (Å²) in [6, 6.07) is 0. The first-order chi connectivity index (χ1) is 6.66. The number of rotatable bonds is 4. The van der Waals surface area contributed by atoms with Gasteiger partial charge >= 0.3 is 15.6 Å². The predicted octanol–water partition coefficient (Wildman–Crippen LogP) is 1.79. The molecule has 0 saturated carbocycles. The van der Waals surface area contributed by atoms with Gasteiger partial charge in [-0.1, -0.05) is 13.8 Å². The van der Waals surface area contributed by atoms with Crippen LogP contribution < -0.4 is 5.32 Å². The van der Waals surface area contributed by atoms with E-state index >= 15 is 0 Å². The van der Waals surface area contributed by atoms with Gasteiger partial charge < -0.3 is 5.32 Å². The molecule has 0 unspecified atom stereocenters. The van der Waals surface area contributed by atoms with Crippen molar-refractivity contribution in [3.63, 3.8) is 0 Å². The minimum absolute atomic E-state index is 1.17. The molecule has 8 heteroatoms. The zero-order valence-electron chi connectivity index (χ0n) is 8.63. The van der Waals surface area contributed by atoms with Crippen LogP contribution in [-0.2, 0) is 10.1 Å². The molecule has 0 amide bonds. The standard InChI is InChI=1S/C6H15N.CHF3O3S/c1-3-5-7-6-4-2;2-1(3,4)8(5,6)7/h7H,3-6H2,1-2H3;(H,5,6,7). The van der Waals surface area contributed by atoms with Crippen molar-refractivity contribution in [2.24, 2.45) is 0 Å². The summed E-state index contributed by atoms with van der Waals surface area (Å²) >= 11 is 0. The predicted molar refractivity (Wildman–Crippen MR) is 51.1 cm³/mol. The lowest BCUT2D eigenvalue weighted by Crippen LogP contribution is -2.21. The molecular weight excluding hydrogens is 235 g/mol. The van der Waals surface area contributed by atoms with E-state index in [4.69, 9.17) is 13.0 Å². The third-order valence-electron chi connectivity index (χ3n) is 1.15. The SMILES string of the molecule is CCCNCCC.O=S(=O)(O)C(F)(F)F. The lowest BCUT2D eigenvalue weighted by Gasteiger charge is -1.97. The van der Waals surface area contributed by atoms with E-state index in [1.54, 1.807) is 0 Å². The van der Waals surface area contributed by atoms with E-state index in [1.807, 2.05) is 0 Å². The van der Waals surface area contributed by atoms with Crippen molar-refractivity contribution in [2.45, 2.75) is 32.2 Å². The van der Waals surface area contributed by atoms with Gasteiger partial charge in [-0.05, 0) is 25.9 Å². The molecule has 94 valence electrons. The Bertz CT molecular complexity index is 234. The Morgan fingerprint density at radius 3 is 1.53 bits per heavy atom. The first kappa shape index (κ1) is 17.1. The van der Waals surface area contributed by atoms with Crippen molar-refractivity contribution in [3.8, 4) is 0 Å². The quantitative estimate of drug-likeness (QED) is 0.454. The fraction of sp³-hybridized carbons (Fsp3) is 1.00. The highest BCUT2D eigenvalue weighted by molar-refractivity contribution is 7.86. The first-order valence-corrected chi connectivity index (χ1v) is 5.85. The summed E-state index contributed by atoms with van der Waals surface area (Å²) in [6.45, 7) is 6.72. The van der Waals surface area contributed by atoms with Crippen LogP contribution in [0.5, 0.6) is 0 Å². The highest BCUT2D eigenvalue weighted by atomic mass is 32.2. The summed E-state index contributed by atoms with van der Waals surface area (Å²) < 4.78 is 57.5. The number of alkyl halides is 3. The highest BCUT2D eigenvalue weighted by Gasteiger charge is 2.44. The van der Waals surface area contributed by atoms with E-state index in [-0.39, 0.29) is 0 Å². The van der Waals surface area contributed by atoms with Crippen LogP contribution in [0.25, 0.3) is 0 Å². The summed E-state index contributed by atoms with van der Waals surface area (Å²) in [5.41, 5.74) is -5.53. The third-order valence-corrected chi connectivity index (χ3v) is 1.73. The Hall–Kier alpha value is -0.340. The van der Waals surface area contributed by atoms with Crippen LogP contribution in [0.1, 0.15) is 26.7 Å². The molecule has 15 heavy (non-hydrogen) atoms. The maximum absolute atomic E-state index is 10.7. The molecule has 0 aromatic carbocycles. The van der Waals surface area contributed by atoms with Gasteiger partial charge in [-0.2, -0.15) is 21.6 Å². The molecule has 4 nitrogen and oxygen atoms in total. The third kappa shape index (κ3) is 11.6. The van der Waals surface area contributed by atoms with Crippen molar-refractivity contribution in [1.82, 2.24) is 5.32 Å². The minimum atomic E-state index is -5.84. The van der Waals surface area contributed by atoms with Gasteiger partial charge in [0.2, 0.25) is 0 Å². The van der Waals surface area contributed by atoms with Crippen LogP contribution in [0.4, 0.5) is 13.2 Å². The molecule has 0 aromatic heterocycles. The molecule has 0 aromatic rings. The molecule has 0 saturated heterocycles. The minimum Gasteiger partial charge on any atom is -0.317 e. The van der Waals surface area contributed by atoms with Crippen molar-refractivity contribution < 1.29 is 26.1 Å². The average molecular weight is 251 g/mol. The van der Waals surface area contributed by atoms with Gasteiger partial charge in [-0.25, -0.2) is 0 Å². The number of hydrogen-bond acceptors (Lipinski definition) is 3. The maximum Gasteiger partial charge on any atom is 0.522 e. The van der Waals surface area contributed by atoms with Crippen LogP contribution in [0.2, 0.25) is 0 Å². The van der Waals surface area contributed by atoms with Crippen LogP contribution in [0, 0.1) is 0 Å². The molecule has 2 N–H and O–H groups in total. The molecule has 0 bridgehead atoms. The monoisotopic (exact) mass is 251 g/mol. The molecule has 0 aliphatic heterocycles. The smallest absolute Gasteiger partial charge is 0.317 e. The van der Waals surface area contributed by atoms with E-state index in [0.29, 0.717) is 0 Å². The van der Waals surface area contributed by atoms with Crippen molar-refractivity contribution in [2.75, 3.05) is 13.1 Å². The van der Waals surface area contributed by atoms with Crippen LogP contribution in [0.3, 0.4) is 0 Å². The Morgan fingerprint density at radius 2 is 1.40 bits per heavy atom. The second-order valence-electron chi connectivity index (χ2n) is 2.67. The molecule has 0 aliphatic rings. The molecule has 0 heterocycles. The summed E-state index contributed by atoms with van der Waals surface area (Å²) in [5, 5.41) is 3.28. The second-order valence-corrected chi connectivity index (χ2v) is 4.08. The van der Waals surface area contributed by atoms with E-state index in [1.165, 1.54) is 25.9 Å². The molecule has 0 rings (SSSR count). The summed E-state index contributed by atoms with van der Waals surface area (Å²) in [6.07, 6.45) is 2.50. The largest absolute Gasteiger partial charge is 0.522 e. The number of halogens is 3. The topological polar surface area (TPSA) is 66.4 Å². The average Bonchev–Trinajstić information content (AvgIpc) is 2.03. The molecule has 0 fully saturated rings. The molecule has 0 aliphatic carbocycles. The van der Waals surface area contributed by atoms with E-state index in [2.05, 4.69) is 19.2 Å². The van der Waals surface area contributed by atoms with E-state index < -0.39 is 15.6 Å². The Kier molecular flexibility index (Phi) is 8.98. The van der Waals surface area contributed by atoms with E-state index in [0.717, 1.165) is 0 Å². The Morgan fingerprint density at radius 1 is 1.13 bits per heavy atom. The number of hydrogen-bond donors (Lipinski definition) is 2. The van der Waals surface area contributed by atoms with Gasteiger partial charge in [0.1, 0.15) is 0 Å². The van der Waals surface area contributed by atoms with Gasteiger partial charge in [0.05, 0.1) is 0 Å². The van der Waals surface area contributed by atoms with Crippen molar-refractivity contribution >= 4 is 10.1 Å². The Balaban J connectivity index is 0. The van der Waals surface area contributed by atoms with Gasteiger partial charge in [0, 0.05) is 0 Å². The highest BCUT2D eigenvalue weighted by Crippen LogP contribution is 2.20. The fourth-order valence-electron chi connectivity index (χ4n) is 0.479. The normalized spacial score (nSPS) is 11.9. The molecular formula is C7H16F3NO3S. The summed E-state index contributed by atoms with van der Waals surface area (Å²) in [5.74, 6) is 0. The molecule has 0 spiro atoms. The zero-order valence-corrected chi connectivity index (χ0v) is 9.45. The van der Waals surface area contributed by atoms with Crippen molar-refractivity contribution in [3.05, 3.63) is 0 Å². The summed E-state index contributed by atoms with van der Waals surface area (Å²) in [4.78, 5) is 0. The van der Waals surface area contributed by atoms with Gasteiger partial charge in [-0.15, -0.1) is 0 Å². The fourth-order valence-corrected chi connectivity index (χ4v) is 0.479. The van der Waals surface area contributed by atoms with E-state index in [9.17, 15) is 13.2 Å². The van der Waals surface area contributed by atoms with Crippen LogP contribution in [-0.4, -0.2) is 31.6 Å². The first-order valence-electron chi connectivity index (χ1n) is 4.41. The van der Waals surface area contributed by atoms with Crippen molar-refractivity contribution in [1.29, 1.82) is 0 Å². The molecule has 0 atom stereocenters. The maximum atomic E-state index is 10.7. The van der Waals surface area contributed by atoms with Gasteiger partial charge in [0.25, 0.3) is 0 Å². The Labute approximate surface area is 87.6 Å². The lowest BCUT2D eigenvalue weighted by atomic mass is 10.4. The number of nitrogens with one attached hydrogen (secondary N) is 1.